The maximum Gasteiger partial charge on any atom is 0.289 e. The first-order valence-electron chi connectivity index (χ1n) is 6.81. The zero-order valence-corrected chi connectivity index (χ0v) is 15.1. The zero-order valence-electron chi connectivity index (χ0n) is 12.7. The fourth-order valence-corrected chi connectivity index (χ4v) is 3.75. The number of hydrogen-bond acceptors (Lipinski definition) is 4. The second-order valence-electron chi connectivity index (χ2n) is 5.07. The number of carbonyl (C=O) groups excluding carboxylic acids is 1. The van der Waals surface area contributed by atoms with Gasteiger partial charge in [0, 0.05) is 5.92 Å². The molecule has 0 bridgehead atoms. The molecule has 1 aromatic carbocycles. The summed E-state index contributed by atoms with van der Waals surface area (Å²) < 4.78 is 25.4. The number of nitrogens with one attached hydrogen (secondary N) is 1. The lowest BCUT2D eigenvalue weighted by Crippen LogP contribution is -2.12. The fourth-order valence-electron chi connectivity index (χ4n) is 1.87. The molecule has 1 aromatic heterocycles. The van der Waals surface area contributed by atoms with Crippen LogP contribution in [0, 0.1) is 6.92 Å². The van der Waals surface area contributed by atoms with Crippen molar-refractivity contribution >= 4 is 46.3 Å². The molecule has 1 amide bonds. The fraction of sp³-hybridized carbons (Fsp3) is 0.333. The predicted molar refractivity (Wildman–Crippen MR) is 92.2 cm³/mol. The van der Waals surface area contributed by atoms with Gasteiger partial charge in [-0.1, -0.05) is 43.3 Å². The summed E-state index contributed by atoms with van der Waals surface area (Å²) in [5.74, 6) is -2.77. The van der Waals surface area contributed by atoms with Gasteiger partial charge in [-0.2, -0.15) is 8.78 Å². The minimum atomic E-state index is -2.62. The average Bonchev–Trinajstić information content (AvgIpc) is 2.84. The molecule has 1 N–H and O–H groups in total. The molecule has 2 aromatic rings. The lowest BCUT2D eigenvalue weighted by Gasteiger charge is -2.11. The van der Waals surface area contributed by atoms with E-state index >= 15 is 0 Å². The molecule has 0 saturated carbocycles. The van der Waals surface area contributed by atoms with Gasteiger partial charge >= 0.3 is 0 Å². The number of benzene rings is 1. The number of hydrogen-bond donors (Lipinski definition) is 1. The third kappa shape index (κ3) is 4.43. The van der Waals surface area contributed by atoms with E-state index in [0.29, 0.717) is 22.3 Å². The number of halogens is 3. The van der Waals surface area contributed by atoms with Crippen LogP contribution in [0.25, 0.3) is 0 Å². The van der Waals surface area contributed by atoms with Gasteiger partial charge < -0.3 is 5.32 Å². The summed E-state index contributed by atoms with van der Waals surface area (Å²) in [6, 6.07) is 4.66. The van der Waals surface area contributed by atoms with Gasteiger partial charge in [0.2, 0.25) is 0 Å². The first-order valence-corrected chi connectivity index (χ1v) is 8.89. The molecule has 0 unspecified atom stereocenters. The molecule has 0 spiro atoms. The van der Waals surface area contributed by atoms with E-state index in [2.05, 4.69) is 10.3 Å². The Hall–Kier alpha value is -1.18. The minimum Gasteiger partial charge on any atom is -0.320 e. The first-order chi connectivity index (χ1) is 10.8. The van der Waals surface area contributed by atoms with E-state index in [1.165, 1.54) is 17.4 Å². The van der Waals surface area contributed by atoms with Crippen molar-refractivity contribution in [1.82, 2.24) is 4.98 Å². The number of thiazole rings is 1. The van der Waals surface area contributed by atoms with Crippen LogP contribution in [0.1, 0.15) is 40.1 Å². The molecule has 0 aliphatic rings. The number of thioether (sulfide) groups is 1. The van der Waals surface area contributed by atoms with Crippen LogP contribution in [0.3, 0.4) is 0 Å². The van der Waals surface area contributed by atoms with E-state index in [4.69, 9.17) is 11.6 Å². The van der Waals surface area contributed by atoms with Crippen molar-refractivity contribution in [3.05, 3.63) is 38.8 Å². The third-order valence-electron chi connectivity index (χ3n) is 2.94. The Morgan fingerprint density at radius 3 is 2.65 bits per heavy atom. The van der Waals surface area contributed by atoms with Gasteiger partial charge in [-0.05, 0) is 19.1 Å². The summed E-state index contributed by atoms with van der Waals surface area (Å²) in [5, 5.41) is 3.70. The highest BCUT2D eigenvalue weighted by atomic mass is 35.5. The molecule has 3 nitrogen and oxygen atoms in total. The summed E-state index contributed by atoms with van der Waals surface area (Å²) in [7, 11) is 0. The molecule has 124 valence electrons. The predicted octanol–water partition coefficient (Wildman–Crippen LogP) is 5.80. The Morgan fingerprint density at radius 1 is 1.39 bits per heavy atom. The number of rotatable bonds is 5. The quantitative estimate of drug-likeness (QED) is 0.671. The van der Waals surface area contributed by atoms with Crippen LogP contribution >= 0.6 is 34.7 Å². The zero-order chi connectivity index (χ0) is 17.1. The number of aryl methyl sites for hydroxylation is 1. The van der Waals surface area contributed by atoms with E-state index in [1.54, 1.807) is 19.1 Å². The Labute approximate surface area is 146 Å². The van der Waals surface area contributed by atoms with Gasteiger partial charge in [-0.3, -0.25) is 4.79 Å². The number of nitrogens with zero attached hydrogens (tertiary/aromatic N) is 1. The third-order valence-corrected chi connectivity index (χ3v) is 5.67. The molecule has 23 heavy (non-hydrogen) atoms. The standard InChI is InChI=1S/C15H15ClF2N2OS2/c1-7(2)14-19-8(3)11(22-14)13(21)20-10-6-4-5-9(16)12(10)23-15(17)18/h4-7,15H,1-3H3,(H,20,21). The highest BCUT2D eigenvalue weighted by Crippen LogP contribution is 2.38. The summed E-state index contributed by atoms with van der Waals surface area (Å²) in [4.78, 5) is 17.4. The second kappa shape index (κ2) is 7.59. The van der Waals surface area contributed by atoms with E-state index in [0.717, 1.165) is 5.01 Å². The van der Waals surface area contributed by atoms with Crippen molar-refractivity contribution in [2.75, 3.05) is 5.32 Å². The molecule has 0 atom stereocenters. The van der Waals surface area contributed by atoms with Gasteiger partial charge in [0.25, 0.3) is 11.7 Å². The number of aromatic nitrogens is 1. The van der Waals surface area contributed by atoms with Crippen LogP contribution in [-0.4, -0.2) is 16.6 Å². The molecular formula is C15H15ClF2N2OS2. The van der Waals surface area contributed by atoms with Crippen LogP contribution < -0.4 is 5.32 Å². The highest BCUT2D eigenvalue weighted by Gasteiger charge is 2.20. The molecule has 8 heteroatoms. The Morgan fingerprint density at radius 2 is 2.09 bits per heavy atom. The number of alkyl halides is 2. The minimum absolute atomic E-state index is 0.156. The maximum atomic E-state index is 12.7. The Balaban J connectivity index is 2.29. The summed E-state index contributed by atoms with van der Waals surface area (Å²) in [6.45, 7) is 5.74. The lowest BCUT2D eigenvalue weighted by molar-refractivity contribution is 0.102. The average molecular weight is 377 g/mol. The van der Waals surface area contributed by atoms with Crippen molar-refractivity contribution in [3.63, 3.8) is 0 Å². The van der Waals surface area contributed by atoms with E-state index in [1.807, 2.05) is 13.8 Å². The molecule has 1 heterocycles. The monoisotopic (exact) mass is 376 g/mol. The molecule has 0 fully saturated rings. The summed E-state index contributed by atoms with van der Waals surface area (Å²) in [6.07, 6.45) is 0. The molecule has 0 aliphatic heterocycles. The molecular weight excluding hydrogens is 362 g/mol. The number of amides is 1. The van der Waals surface area contributed by atoms with Crippen LogP contribution in [-0.2, 0) is 0 Å². The normalized spacial score (nSPS) is 11.3. The molecule has 0 aliphatic carbocycles. The van der Waals surface area contributed by atoms with Crippen molar-refractivity contribution in [3.8, 4) is 0 Å². The van der Waals surface area contributed by atoms with Crippen molar-refractivity contribution < 1.29 is 13.6 Å². The van der Waals surface area contributed by atoms with Gasteiger partial charge in [-0.15, -0.1) is 11.3 Å². The van der Waals surface area contributed by atoms with Gasteiger partial charge in [0.15, 0.2) is 0 Å². The topological polar surface area (TPSA) is 42.0 Å². The van der Waals surface area contributed by atoms with E-state index in [-0.39, 0.29) is 27.4 Å². The van der Waals surface area contributed by atoms with Gasteiger partial charge in [0.05, 0.1) is 26.3 Å². The maximum absolute atomic E-state index is 12.7. The summed E-state index contributed by atoms with van der Waals surface area (Å²) in [5.41, 5.74) is 0.896. The molecule has 2 rings (SSSR count). The molecule has 0 saturated heterocycles. The molecule has 0 radical (unpaired) electrons. The SMILES string of the molecule is Cc1nc(C(C)C)sc1C(=O)Nc1cccc(Cl)c1SC(F)F. The lowest BCUT2D eigenvalue weighted by atomic mass is 10.2. The van der Waals surface area contributed by atoms with Crippen molar-refractivity contribution in [1.29, 1.82) is 0 Å². The van der Waals surface area contributed by atoms with Gasteiger partial charge in [-0.25, -0.2) is 4.98 Å². The Kier molecular flexibility index (Phi) is 6.00. The van der Waals surface area contributed by atoms with Gasteiger partial charge in [0.1, 0.15) is 4.88 Å². The van der Waals surface area contributed by atoms with Crippen LogP contribution in [0.2, 0.25) is 5.02 Å². The largest absolute Gasteiger partial charge is 0.320 e. The smallest absolute Gasteiger partial charge is 0.289 e. The van der Waals surface area contributed by atoms with E-state index in [9.17, 15) is 13.6 Å². The number of carbonyl (C=O) groups is 1. The van der Waals surface area contributed by atoms with Crippen LogP contribution in [0.15, 0.2) is 23.1 Å². The Bertz CT molecular complexity index is 719. The first kappa shape index (κ1) is 18.2. The second-order valence-corrected chi connectivity index (χ2v) is 7.51. The van der Waals surface area contributed by atoms with Crippen molar-refractivity contribution in [2.24, 2.45) is 0 Å². The number of anilines is 1. The van der Waals surface area contributed by atoms with Crippen molar-refractivity contribution in [2.45, 2.75) is 37.3 Å². The highest BCUT2D eigenvalue weighted by molar-refractivity contribution is 7.99. The van der Waals surface area contributed by atoms with Crippen LogP contribution in [0.5, 0.6) is 0 Å². The van der Waals surface area contributed by atoms with E-state index < -0.39 is 5.76 Å². The van der Waals surface area contributed by atoms with Crippen LogP contribution in [0.4, 0.5) is 14.5 Å². The summed E-state index contributed by atoms with van der Waals surface area (Å²) >= 11 is 7.58.